The van der Waals surface area contributed by atoms with Crippen molar-refractivity contribution in [1.82, 2.24) is 15.2 Å². The van der Waals surface area contributed by atoms with E-state index in [0.717, 1.165) is 39.8 Å². The molecule has 3 heterocycles. The fourth-order valence-corrected chi connectivity index (χ4v) is 8.18. The van der Waals surface area contributed by atoms with Gasteiger partial charge < -0.3 is 31.2 Å². The van der Waals surface area contributed by atoms with Crippen LogP contribution in [0.1, 0.15) is 44.0 Å². The van der Waals surface area contributed by atoms with Crippen LogP contribution in [0.3, 0.4) is 0 Å². The van der Waals surface area contributed by atoms with Gasteiger partial charge in [0.05, 0.1) is 22.9 Å². The number of thiazole rings is 1. The summed E-state index contributed by atoms with van der Waals surface area (Å²) in [5.74, 6) is -3.62. The second kappa shape index (κ2) is 17.9. The summed E-state index contributed by atoms with van der Waals surface area (Å²) < 4.78 is 0. The molecule has 0 bridgehead atoms. The highest BCUT2D eigenvalue weighted by molar-refractivity contribution is 8.14. The molecule has 2 aliphatic heterocycles. The number of nitrogens with one attached hydrogen (secondary N) is 2. The van der Waals surface area contributed by atoms with Gasteiger partial charge in [0.15, 0.2) is 21.1 Å². The maximum absolute atomic E-state index is 13.4. The van der Waals surface area contributed by atoms with Crippen molar-refractivity contribution in [3.05, 3.63) is 45.6 Å². The Kier molecular flexibility index (Phi) is 13.9. The molecule has 0 radical (unpaired) electrons. The van der Waals surface area contributed by atoms with E-state index in [2.05, 4.69) is 20.8 Å². The van der Waals surface area contributed by atoms with E-state index in [1.165, 1.54) is 43.0 Å². The molecule has 0 spiro atoms. The summed E-state index contributed by atoms with van der Waals surface area (Å²) in [6.45, 7) is 6.66. The number of carboxylic acid groups (broad SMARTS) is 1. The first-order valence-corrected chi connectivity index (χ1v) is 19.6. The Morgan fingerprint density at radius 1 is 1.15 bits per heavy atom. The molecule has 1 aromatic carbocycles. The first kappa shape index (κ1) is 40.4. The molecule has 1 fully saturated rings. The van der Waals surface area contributed by atoms with Crippen molar-refractivity contribution in [2.24, 2.45) is 5.16 Å². The van der Waals surface area contributed by atoms with Crippen LogP contribution >= 0.6 is 46.6 Å². The third-order valence-corrected chi connectivity index (χ3v) is 11.3. The third-order valence-electron chi connectivity index (χ3n) is 7.68. The summed E-state index contributed by atoms with van der Waals surface area (Å²) >= 11 is 4.06. The van der Waals surface area contributed by atoms with E-state index in [-0.39, 0.29) is 67.7 Å². The molecular weight excluding hydrogens is 755 g/mol. The van der Waals surface area contributed by atoms with Gasteiger partial charge in [-0.25, -0.2) is 9.78 Å². The number of thioether (sulfide) groups is 3. The van der Waals surface area contributed by atoms with Crippen molar-refractivity contribution >= 4 is 109 Å². The number of oxime groups is 1. The lowest BCUT2D eigenvalue weighted by molar-refractivity contribution is -0.150. The highest BCUT2D eigenvalue weighted by Crippen LogP contribution is 2.42. The Bertz CT molecular complexity index is 1860. The van der Waals surface area contributed by atoms with E-state index in [9.17, 15) is 38.7 Å². The molecule has 2 atom stereocenters. The highest BCUT2D eigenvalue weighted by Gasteiger charge is 2.54. The van der Waals surface area contributed by atoms with Gasteiger partial charge in [0.2, 0.25) is 11.8 Å². The van der Waals surface area contributed by atoms with Crippen LogP contribution in [0.25, 0.3) is 0 Å². The lowest BCUT2D eigenvalue weighted by Crippen LogP contribution is -2.71. The first-order valence-electron chi connectivity index (χ1n) is 15.7. The van der Waals surface area contributed by atoms with Gasteiger partial charge in [0.1, 0.15) is 29.9 Å². The predicted octanol–water partition coefficient (Wildman–Crippen LogP) is 2.61. The number of aryl methyl sites for hydroxylation is 1. The molecule has 2 aromatic rings. The molecule has 0 saturated carbocycles. The summed E-state index contributed by atoms with van der Waals surface area (Å²) in [5.41, 5.74) is 7.81. The molecule has 4 rings (SSSR count). The third kappa shape index (κ3) is 9.52. The number of rotatable bonds is 15. The molecule has 278 valence electrons. The maximum Gasteiger partial charge on any atom is 0.352 e. The number of hydrogen-bond donors (Lipinski definition) is 4. The van der Waals surface area contributed by atoms with Gasteiger partial charge in [-0.2, -0.15) is 0 Å². The quantitative estimate of drug-likeness (QED) is 0.116. The molecule has 2 aliphatic rings. The molecule has 52 heavy (non-hydrogen) atoms. The number of benzene rings is 1. The fourth-order valence-electron chi connectivity index (χ4n) is 5.40. The Hall–Kier alpha value is -4.40. The lowest BCUT2D eigenvalue weighted by atomic mass is 9.95. The van der Waals surface area contributed by atoms with Crippen molar-refractivity contribution in [3.63, 3.8) is 0 Å². The summed E-state index contributed by atoms with van der Waals surface area (Å²) in [4.78, 5) is 100. The largest absolute Gasteiger partial charge is 0.477 e. The van der Waals surface area contributed by atoms with Gasteiger partial charge in [-0.1, -0.05) is 35.6 Å². The van der Waals surface area contributed by atoms with E-state index in [1.807, 2.05) is 6.92 Å². The van der Waals surface area contributed by atoms with Gasteiger partial charge in [-0.05, 0) is 48.6 Å². The summed E-state index contributed by atoms with van der Waals surface area (Å²) in [6.07, 6.45) is 0.653. The second-order valence-corrected chi connectivity index (χ2v) is 15.7. The number of aromatic nitrogens is 1. The Morgan fingerprint density at radius 2 is 1.85 bits per heavy atom. The van der Waals surface area contributed by atoms with Crippen molar-refractivity contribution in [2.45, 2.75) is 52.0 Å². The van der Waals surface area contributed by atoms with E-state index in [4.69, 9.17) is 10.6 Å². The van der Waals surface area contributed by atoms with Crippen LogP contribution in [0.2, 0.25) is 0 Å². The number of carboxylic acids is 1. The second-order valence-electron chi connectivity index (χ2n) is 11.4. The topological polar surface area (TPSA) is 231 Å². The van der Waals surface area contributed by atoms with E-state index in [0.29, 0.717) is 35.4 Å². The minimum absolute atomic E-state index is 0.0805. The lowest BCUT2D eigenvalue weighted by Gasteiger charge is -2.49. The number of aliphatic carboxylic acids is 1. The molecule has 5 N–H and O–H groups in total. The van der Waals surface area contributed by atoms with E-state index >= 15 is 0 Å². The maximum atomic E-state index is 13.4. The van der Waals surface area contributed by atoms with Crippen LogP contribution in [0.4, 0.5) is 16.5 Å². The summed E-state index contributed by atoms with van der Waals surface area (Å²) in [5, 5.41) is 20.0. The first-order chi connectivity index (χ1) is 24.7. The van der Waals surface area contributed by atoms with Crippen molar-refractivity contribution in [1.29, 1.82) is 0 Å². The fraction of sp³-hybridized carbons (Fsp3) is 0.406. The van der Waals surface area contributed by atoms with Crippen LogP contribution in [0.15, 0.2) is 33.9 Å². The smallest absolute Gasteiger partial charge is 0.352 e. The van der Waals surface area contributed by atoms with E-state index < -0.39 is 35.1 Å². The number of fused-ring (bicyclic) bond motifs is 1. The summed E-state index contributed by atoms with van der Waals surface area (Å²) in [6, 6.07) is 2.32. The number of hydrogen-bond acceptors (Lipinski definition) is 15. The minimum Gasteiger partial charge on any atom is -0.477 e. The number of nitrogens with two attached hydrogens (primary N) is 1. The van der Waals surface area contributed by atoms with Gasteiger partial charge >= 0.3 is 5.97 Å². The van der Waals surface area contributed by atoms with Crippen molar-refractivity contribution < 1.29 is 43.5 Å². The van der Waals surface area contributed by atoms with Crippen LogP contribution in [-0.2, 0) is 44.8 Å². The molecule has 16 nitrogen and oxygen atoms in total. The minimum atomic E-state index is -1.33. The zero-order valence-corrected chi connectivity index (χ0v) is 32.1. The number of nitrogen functional groups attached to an aromatic ring is 1. The average Bonchev–Trinajstić information content (AvgIpc) is 3.52. The molecule has 1 saturated heterocycles. The number of nitrogens with zero attached hydrogens (tertiary/aromatic N) is 4. The average molecular weight is 792 g/mol. The van der Waals surface area contributed by atoms with Gasteiger partial charge in [-0.3, -0.25) is 33.7 Å². The van der Waals surface area contributed by atoms with Gasteiger partial charge in [0, 0.05) is 31.5 Å². The zero-order chi connectivity index (χ0) is 38.3. The number of β-lactam (4-membered cyclic amide) rings is 1. The van der Waals surface area contributed by atoms with Crippen molar-refractivity contribution in [3.8, 4) is 0 Å². The van der Waals surface area contributed by atoms with Crippen molar-refractivity contribution in [2.75, 3.05) is 46.9 Å². The number of carbonyl (C=O) groups excluding carboxylic acids is 6. The molecule has 0 aliphatic carbocycles. The van der Waals surface area contributed by atoms with Crippen LogP contribution < -0.4 is 21.3 Å². The molecule has 1 aromatic heterocycles. The standard InChI is InChI=1S/C32H37N7O9S4/c1-6-7-38(24(43)14-50-17(4)41)22-8-15(2)18(10-20(22)34-23(42)13-49-16(3)40)9-19-11-51-30-26(29(45)39(30)27(19)31(46)47)36-28(44)25(37-48-5)21-12-52-32(33)35-21/h8,10,12,26,30H,6-7,9,11,13-14H2,1-5H3,(H2,33,35)(H,34,42)(H,36,44)(H,46,47)/b37-25-/t26-,30-/m1/s1. The van der Waals surface area contributed by atoms with Crippen LogP contribution in [0.5, 0.6) is 0 Å². The molecule has 4 amide bonds. The Labute approximate surface area is 315 Å². The van der Waals surface area contributed by atoms with Crippen LogP contribution in [0, 0.1) is 6.92 Å². The summed E-state index contributed by atoms with van der Waals surface area (Å²) in [7, 11) is 1.25. The highest BCUT2D eigenvalue weighted by atomic mass is 32.2. The normalized spacial score (nSPS) is 16.8. The Morgan fingerprint density at radius 3 is 2.44 bits per heavy atom. The van der Waals surface area contributed by atoms with Gasteiger partial charge in [0.25, 0.3) is 11.8 Å². The van der Waals surface area contributed by atoms with Gasteiger partial charge in [-0.15, -0.1) is 23.1 Å². The molecule has 20 heteroatoms. The number of amides is 4. The monoisotopic (exact) mass is 791 g/mol. The zero-order valence-electron chi connectivity index (χ0n) is 28.8. The number of carbonyl (C=O) groups is 7. The predicted molar refractivity (Wildman–Crippen MR) is 202 cm³/mol. The number of anilines is 3. The SMILES string of the molecule is CCCN(C(=O)CSC(C)=O)c1cc(C)c(CC2=C(C(=O)O)N3C(=O)[C@@H](NC(=O)/C(=N\OC)c4csc(N)n4)[C@H]3SC2)cc1NC(=O)CSC(C)=O. The molecule has 0 unspecified atom stereocenters. The van der Waals surface area contributed by atoms with Crippen LogP contribution in [-0.4, -0.2) is 103 Å². The van der Waals surface area contributed by atoms with E-state index in [1.54, 1.807) is 19.1 Å². The Balaban J connectivity index is 1.65. The molecular formula is C32H37N7O9S4.